The molecule has 0 aliphatic rings. The van der Waals surface area contributed by atoms with Crippen LogP contribution in [-0.4, -0.2) is 10.1 Å². The van der Waals surface area contributed by atoms with Crippen LogP contribution in [0.2, 0.25) is 0 Å². The third kappa shape index (κ3) is 1.12. The molecule has 0 unspecified atom stereocenters. The molecule has 14 heavy (non-hydrogen) atoms. The lowest BCUT2D eigenvalue weighted by Crippen LogP contribution is -1.82. The normalized spacial score (nSPS) is 10.4. The second-order valence-electron chi connectivity index (χ2n) is 3.05. The minimum absolute atomic E-state index is 0.0745. The molecule has 1 N–H and O–H groups in total. The highest BCUT2D eigenvalue weighted by atomic mass is 16.3. The van der Waals surface area contributed by atoms with Crippen LogP contribution < -0.4 is 0 Å². The van der Waals surface area contributed by atoms with Crippen molar-refractivity contribution in [2.24, 2.45) is 5.18 Å². The number of nitroso groups, excluding NO2 is 1. The lowest BCUT2D eigenvalue weighted by atomic mass is 10.1. The van der Waals surface area contributed by atoms with E-state index in [1.54, 1.807) is 25.3 Å². The van der Waals surface area contributed by atoms with E-state index in [0.29, 0.717) is 22.2 Å². The molecule has 70 valence electrons. The van der Waals surface area contributed by atoms with Gasteiger partial charge in [0, 0.05) is 11.6 Å². The van der Waals surface area contributed by atoms with Crippen molar-refractivity contribution < 1.29 is 5.11 Å². The Morgan fingerprint density at radius 2 is 2.29 bits per heavy atom. The van der Waals surface area contributed by atoms with Gasteiger partial charge in [-0.05, 0) is 35.9 Å². The van der Waals surface area contributed by atoms with Crippen molar-refractivity contribution in [3.63, 3.8) is 0 Å². The fourth-order valence-electron chi connectivity index (χ4n) is 1.48. The molecule has 1 heterocycles. The summed E-state index contributed by atoms with van der Waals surface area (Å²) >= 11 is 0. The number of aromatic nitrogens is 1. The molecule has 0 spiro atoms. The number of phenolic OH excluding ortho intramolecular Hbond substituents is 1. The van der Waals surface area contributed by atoms with Gasteiger partial charge in [0.05, 0.1) is 0 Å². The Labute approximate surface area is 80.2 Å². The monoisotopic (exact) mass is 188 g/mol. The topological polar surface area (TPSA) is 62.6 Å². The lowest BCUT2D eigenvalue weighted by molar-refractivity contribution is 0.480. The van der Waals surface area contributed by atoms with Crippen LogP contribution >= 0.6 is 0 Å². The van der Waals surface area contributed by atoms with Crippen LogP contribution in [0.4, 0.5) is 5.69 Å². The number of benzene rings is 1. The number of pyridine rings is 1. The smallest absolute Gasteiger partial charge is 0.142 e. The van der Waals surface area contributed by atoms with Gasteiger partial charge in [0.2, 0.25) is 0 Å². The molecule has 0 bridgehead atoms. The van der Waals surface area contributed by atoms with Crippen molar-refractivity contribution in [3.05, 3.63) is 34.9 Å². The van der Waals surface area contributed by atoms with Gasteiger partial charge in [0.1, 0.15) is 17.0 Å². The van der Waals surface area contributed by atoms with Gasteiger partial charge < -0.3 is 5.11 Å². The molecule has 0 fully saturated rings. The molecule has 0 atom stereocenters. The number of phenols is 1. The summed E-state index contributed by atoms with van der Waals surface area (Å²) in [6, 6.07) is 4.91. The number of hydrogen-bond donors (Lipinski definition) is 1. The summed E-state index contributed by atoms with van der Waals surface area (Å²) in [4.78, 5) is 14.6. The Morgan fingerprint density at radius 3 is 3.00 bits per heavy atom. The quantitative estimate of drug-likeness (QED) is 0.699. The number of nitrogens with zero attached hydrogens (tertiary/aromatic N) is 2. The van der Waals surface area contributed by atoms with E-state index in [1.165, 1.54) is 6.07 Å². The van der Waals surface area contributed by atoms with Gasteiger partial charge in [-0.1, -0.05) is 0 Å². The Kier molecular flexibility index (Phi) is 1.89. The van der Waals surface area contributed by atoms with Gasteiger partial charge in [0.25, 0.3) is 0 Å². The molecule has 0 amide bonds. The van der Waals surface area contributed by atoms with Crippen LogP contribution in [0.1, 0.15) is 5.56 Å². The SMILES string of the molecule is Cc1cc(O)c2ncccc2c1N=O. The number of rotatable bonds is 1. The van der Waals surface area contributed by atoms with E-state index < -0.39 is 0 Å². The molecule has 0 saturated heterocycles. The van der Waals surface area contributed by atoms with Gasteiger partial charge in [-0.3, -0.25) is 4.98 Å². The fraction of sp³-hybridized carbons (Fsp3) is 0.100. The second kappa shape index (κ2) is 3.06. The summed E-state index contributed by atoms with van der Waals surface area (Å²) in [5, 5.41) is 13.1. The van der Waals surface area contributed by atoms with Crippen LogP contribution in [0.5, 0.6) is 5.75 Å². The van der Waals surface area contributed by atoms with Crippen molar-refractivity contribution in [2.75, 3.05) is 0 Å². The average Bonchev–Trinajstić information content (AvgIpc) is 2.18. The van der Waals surface area contributed by atoms with Gasteiger partial charge >= 0.3 is 0 Å². The number of aromatic hydroxyl groups is 1. The maximum atomic E-state index is 10.6. The maximum Gasteiger partial charge on any atom is 0.142 e. The third-order valence-corrected chi connectivity index (χ3v) is 2.12. The van der Waals surface area contributed by atoms with Crippen molar-refractivity contribution in [2.45, 2.75) is 6.92 Å². The Balaban J connectivity index is 2.97. The molecule has 0 aliphatic heterocycles. The molecular weight excluding hydrogens is 180 g/mol. The van der Waals surface area contributed by atoms with Crippen molar-refractivity contribution >= 4 is 16.6 Å². The summed E-state index contributed by atoms with van der Waals surface area (Å²) in [7, 11) is 0. The minimum Gasteiger partial charge on any atom is -0.506 e. The lowest BCUT2D eigenvalue weighted by Gasteiger charge is -2.04. The Morgan fingerprint density at radius 1 is 1.50 bits per heavy atom. The molecule has 0 aliphatic carbocycles. The molecule has 1 aromatic heterocycles. The van der Waals surface area contributed by atoms with Crippen molar-refractivity contribution in [1.29, 1.82) is 0 Å². The molecule has 2 aromatic rings. The van der Waals surface area contributed by atoms with Gasteiger partial charge in [-0.25, -0.2) is 0 Å². The van der Waals surface area contributed by atoms with Gasteiger partial charge in [0.15, 0.2) is 0 Å². The van der Waals surface area contributed by atoms with Gasteiger partial charge in [-0.2, -0.15) is 0 Å². The first-order chi connectivity index (χ1) is 6.74. The number of hydrogen-bond acceptors (Lipinski definition) is 4. The van der Waals surface area contributed by atoms with Crippen LogP contribution in [0.3, 0.4) is 0 Å². The molecule has 4 nitrogen and oxygen atoms in total. The summed E-state index contributed by atoms with van der Waals surface area (Å²) in [5.74, 6) is 0.0745. The van der Waals surface area contributed by atoms with Crippen molar-refractivity contribution in [3.8, 4) is 5.75 Å². The molecule has 0 saturated carbocycles. The summed E-state index contributed by atoms with van der Waals surface area (Å²) < 4.78 is 0. The molecule has 1 aromatic carbocycles. The van der Waals surface area contributed by atoms with Crippen LogP contribution in [-0.2, 0) is 0 Å². The predicted octanol–water partition coefficient (Wildman–Crippen LogP) is 2.65. The second-order valence-corrected chi connectivity index (χ2v) is 3.05. The number of fused-ring (bicyclic) bond motifs is 1. The summed E-state index contributed by atoms with van der Waals surface area (Å²) in [5.41, 5.74) is 1.40. The van der Waals surface area contributed by atoms with E-state index in [0.717, 1.165) is 0 Å². The zero-order valence-electron chi connectivity index (χ0n) is 7.56. The van der Waals surface area contributed by atoms with Crippen molar-refractivity contribution in [1.82, 2.24) is 4.98 Å². The van der Waals surface area contributed by atoms with E-state index in [4.69, 9.17) is 0 Å². The first-order valence-electron chi connectivity index (χ1n) is 4.14. The standard InChI is InChI=1S/C10H8N2O2/c1-6-5-8(13)10-7(9(6)12-14)3-2-4-11-10/h2-5,13H,1H3. The molecular formula is C10H8N2O2. The van der Waals surface area contributed by atoms with E-state index in [9.17, 15) is 10.0 Å². The van der Waals surface area contributed by atoms with Gasteiger partial charge in [-0.15, -0.1) is 4.91 Å². The van der Waals surface area contributed by atoms with Crippen LogP contribution in [0, 0.1) is 11.8 Å². The molecule has 0 radical (unpaired) electrons. The zero-order valence-corrected chi connectivity index (χ0v) is 7.56. The van der Waals surface area contributed by atoms with E-state index in [-0.39, 0.29) is 5.75 Å². The Bertz CT molecular complexity index is 509. The summed E-state index contributed by atoms with van der Waals surface area (Å²) in [6.45, 7) is 1.73. The van der Waals surface area contributed by atoms with E-state index in [1.807, 2.05) is 0 Å². The van der Waals surface area contributed by atoms with Crippen LogP contribution in [0.15, 0.2) is 29.6 Å². The predicted molar refractivity (Wildman–Crippen MR) is 53.6 cm³/mol. The largest absolute Gasteiger partial charge is 0.506 e. The highest BCUT2D eigenvalue weighted by molar-refractivity contribution is 5.95. The first-order valence-corrected chi connectivity index (χ1v) is 4.14. The number of aryl methyl sites for hydroxylation is 1. The van der Waals surface area contributed by atoms with E-state index in [2.05, 4.69) is 10.2 Å². The van der Waals surface area contributed by atoms with E-state index >= 15 is 0 Å². The summed E-state index contributed by atoms with van der Waals surface area (Å²) in [6.07, 6.45) is 1.56. The fourth-order valence-corrected chi connectivity index (χ4v) is 1.48. The molecule has 2 rings (SSSR count). The average molecular weight is 188 g/mol. The highest BCUT2D eigenvalue weighted by Crippen LogP contribution is 2.34. The highest BCUT2D eigenvalue weighted by Gasteiger charge is 2.09. The first kappa shape index (κ1) is 8.62. The zero-order chi connectivity index (χ0) is 10.1. The Hall–Kier alpha value is -1.97. The maximum absolute atomic E-state index is 10.6. The third-order valence-electron chi connectivity index (χ3n) is 2.12. The van der Waals surface area contributed by atoms with Crippen LogP contribution in [0.25, 0.3) is 10.9 Å². The molecule has 4 heteroatoms. The minimum atomic E-state index is 0.0745.